The van der Waals surface area contributed by atoms with Crippen LogP contribution in [0.1, 0.15) is 58.4 Å². The number of ether oxygens (including phenoxy) is 1. The molecule has 1 heterocycles. The zero-order valence-corrected chi connectivity index (χ0v) is 13.9. The highest BCUT2D eigenvalue weighted by atomic mass is 16.5. The molecular formula is C19H31NO. The van der Waals surface area contributed by atoms with Crippen molar-refractivity contribution in [1.82, 2.24) is 0 Å². The lowest BCUT2D eigenvalue weighted by Gasteiger charge is -2.33. The molecule has 2 atom stereocenters. The average molecular weight is 289 g/mol. The highest BCUT2D eigenvalue weighted by molar-refractivity contribution is 5.45. The van der Waals surface area contributed by atoms with Gasteiger partial charge < -0.3 is 10.1 Å². The van der Waals surface area contributed by atoms with Gasteiger partial charge in [0.05, 0.1) is 6.10 Å². The predicted octanol–water partition coefficient (Wildman–Crippen LogP) is 5.03. The smallest absolute Gasteiger partial charge is 0.0617 e. The lowest BCUT2D eigenvalue weighted by atomic mass is 9.95. The van der Waals surface area contributed by atoms with E-state index in [9.17, 15) is 0 Å². The third-order valence-corrected chi connectivity index (χ3v) is 4.45. The van der Waals surface area contributed by atoms with Gasteiger partial charge in [0.2, 0.25) is 0 Å². The highest BCUT2D eigenvalue weighted by Gasteiger charge is 2.24. The van der Waals surface area contributed by atoms with Crippen molar-refractivity contribution in [3.8, 4) is 0 Å². The van der Waals surface area contributed by atoms with Gasteiger partial charge in [0.1, 0.15) is 0 Å². The van der Waals surface area contributed by atoms with Gasteiger partial charge in [-0.15, -0.1) is 0 Å². The third-order valence-electron chi connectivity index (χ3n) is 4.45. The van der Waals surface area contributed by atoms with E-state index in [1.165, 1.54) is 36.9 Å². The van der Waals surface area contributed by atoms with E-state index in [1.54, 1.807) is 0 Å². The Morgan fingerprint density at radius 3 is 2.62 bits per heavy atom. The summed E-state index contributed by atoms with van der Waals surface area (Å²) >= 11 is 0. The molecule has 2 unspecified atom stereocenters. The molecule has 1 aromatic rings. The van der Waals surface area contributed by atoms with Gasteiger partial charge in [0.25, 0.3) is 0 Å². The Hall–Kier alpha value is -1.02. The monoisotopic (exact) mass is 289 g/mol. The van der Waals surface area contributed by atoms with Crippen LogP contribution >= 0.6 is 0 Å². The molecule has 0 saturated carbocycles. The van der Waals surface area contributed by atoms with Crippen molar-refractivity contribution in [2.45, 2.75) is 71.4 Å². The normalized spacial score (nSPS) is 22.5. The van der Waals surface area contributed by atoms with Crippen LogP contribution in [0.3, 0.4) is 0 Å². The van der Waals surface area contributed by atoms with E-state index in [-0.39, 0.29) is 0 Å². The standard InChI is InChI=1S/C19H31NO/c1-4-5-6-7-16-8-10-17(11-9-16)20-18-12-13-21-19(14-18)15(2)3/h8-11,15,18-20H,4-7,12-14H2,1-3H3. The molecule has 2 rings (SSSR count). The molecule has 1 aromatic carbocycles. The molecule has 0 bridgehead atoms. The first-order valence-electron chi connectivity index (χ1n) is 8.66. The number of hydrogen-bond acceptors (Lipinski definition) is 2. The van der Waals surface area contributed by atoms with Gasteiger partial charge in [0, 0.05) is 18.3 Å². The molecule has 0 aromatic heterocycles. The maximum atomic E-state index is 5.84. The average Bonchev–Trinajstić information content (AvgIpc) is 2.49. The van der Waals surface area contributed by atoms with Crippen LogP contribution < -0.4 is 5.32 Å². The van der Waals surface area contributed by atoms with Gasteiger partial charge >= 0.3 is 0 Å². The fraction of sp³-hybridized carbons (Fsp3) is 0.684. The Bertz CT molecular complexity index is 399. The Labute approximate surface area is 130 Å². The van der Waals surface area contributed by atoms with Crippen molar-refractivity contribution < 1.29 is 4.74 Å². The first kappa shape index (κ1) is 16.4. The molecule has 2 heteroatoms. The number of aryl methyl sites for hydroxylation is 1. The Kier molecular flexibility index (Phi) is 6.56. The SMILES string of the molecule is CCCCCc1ccc(NC2CCOC(C(C)C)C2)cc1. The zero-order chi connectivity index (χ0) is 15.1. The summed E-state index contributed by atoms with van der Waals surface area (Å²) in [5.74, 6) is 0.607. The number of unbranched alkanes of at least 4 members (excludes halogenated alkanes) is 2. The van der Waals surface area contributed by atoms with Crippen LogP contribution in [-0.4, -0.2) is 18.8 Å². The summed E-state index contributed by atoms with van der Waals surface area (Å²) in [4.78, 5) is 0. The van der Waals surface area contributed by atoms with E-state index in [4.69, 9.17) is 4.74 Å². The third kappa shape index (κ3) is 5.35. The fourth-order valence-electron chi connectivity index (χ4n) is 3.01. The number of nitrogens with one attached hydrogen (secondary N) is 1. The first-order chi connectivity index (χ1) is 10.2. The van der Waals surface area contributed by atoms with Crippen molar-refractivity contribution in [3.63, 3.8) is 0 Å². The van der Waals surface area contributed by atoms with Crippen LogP contribution in [0.5, 0.6) is 0 Å². The molecule has 0 spiro atoms. The van der Waals surface area contributed by atoms with Crippen molar-refractivity contribution in [2.75, 3.05) is 11.9 Å². The van der Waals surface area contributed by atoms with E-state index in [0.717, 1.165) is 19.4 Å². The van der Waals surface area contributed by atoms with Gasteiger partial charge in [-0.25, -0.2) is 0 Å². The molecule has 118 valence electrons. The van der Waals surface area contributed by atoms with Crippen molar-refractivity contribution in [3.05, 3.63) is 29.8 Å². The molecule has 21 heavy (non-hydrogen) atoms. The highest BCUT2D eigenvalue weighted by Crippen LogP contribution is 2.23. The maximum Gasteiger partial charge on any atom is 0.0617 e. The summed E-state index contributed by atoms with van der Waals surface area (Å²) < 4.78 is 5.84. The number of hydrogen-bond donors (Lipinski definition) is 1. The van der Waals surface area contributed by atoms with E-state index in [1.807, 2.05) is 0 Å². The Morgan fingerprint density at radius 1 is 1.19 bits per heavy atom. The van der Waals surface area contributed by atoms with Crippen LogP contribution in [-0.2, 0) is 11.2 Å². The minimum absolute atomic E-state index is 0.407. The molecule has 1 fully saturated rings. The van der Waals surface area contributed by atoms with E-state index in [0.29, 0.717) is 18.1 Å². The first-order valence-corrected chi connectivity index (χ1v) is 8.66. The molecular weight excluding hydrogens is 258 g/mol. The topological polar surface area (TPSA) is 21.3 Å². The second kappa shape index (κ2) is 8.43. The minimum atomic E-state index is 0.407. The van der Waals surface area contributed by atoms with Gasteiger partial charge in [-0.2, -0.15) is 0 Å². The van der Waals surface area contributed by atoms with Crippen LogP contribution in [0.2, 0.25) is 0 Å². The van der Waals surface area contributed by atoms with Gasteiger partial charge in [-0.1, -0.05) is 45.7 Å². The number of anilines is 1. The second-order valence-electron chi connectivity index (χ2n) is 6.67. The minimum Gasteiger partial charge on any atom is -0.382 e. The molecule has 0 radical (unpaired) electrons. The van der Waals surface area contributed by atoms with Crippen LogP contribution in [0.15, 0.2) is 24.3 Å². The van der Waals surface area contributed by atoms with Crippen LogP contribution in [0.25, 0.3) is 0 Å². The quantitative estimate of drug-likeness (QED) is 0.710. The molecule has 0 aliphatic carbocycles. The van der Waals surface area contributed by atoms with Crippen molar-refractivity contribution in [2.24, 2.45) is 5.92 Å². The van der Waals surface area contributed by atoms with Crippen molar-refractivity contribution in [1.29, 1.82) is 0 Å². The summed E-state index contributed by atoms with van der Waals surface area (Å²) in [6.45, 7) is 7.64. The molecule has 1 N–H and O–H groups in total. The summed E-state index contributed by atoms with van der Waals surface area (Å²) in [5, 5.41) is 3.68. The molecule has 0 amide bonds. The fourth-order valence-corrected chi connectivity index (χ4v) is 3.01. The lowest BCUT2D eigenvalue weighted by molar-refractivity contribution is -0.0160. The Morgan fingerprint density at radius 2 is 1.95 bits per heavy atom. The van der Waals surface area contributed by atoms with Gasteiger partial charge in [-0.05, 0) is 49.3 Å². The largest absolute Gasteiger partial charge is 0.382 e. The summed E-state index contributed by atoms with van der Waals surface area (Å²) in [6, 6.07) is 9.58. The molecule has 1 saturated heterocycles. The molecule has 1 aliphatic rings. The second-order valence-corrected chi connectivity index (χ2v) is 6.67. The van der Waals surface area contributed by atoms with Crippen LogP contribution in [0, 0.1) is 5.92 Å². The summed E-state index contributed by atoms with van der Waals surface area (Å²) in [5.41, 5.74) is 2.71. The maximum absolute atomic E-state index is 5.84. The summed E-state index contributed by atoms with van der Waals surface area (Å²) in [7, 11) is 0. The van der Waals surface area contributed by atoms with Gasteiger partial charge in [-0.3, -0.25) is 0 Å². The molecule has 1 aliphatic heterocycles. The van der Waals surface area contributed by atoms with E-state index >= 15 is 0 Å². The zero-order valence-electron chi connectivity index (χ0n) is 13.9. The van der Waals surface area contributed by atoms with Crippen LogP contribution in [0.4, 0.5) is 5.69 Å². The van der Waals surface area contributed by atoms with Gasteiger partial charge in [0.15, 0.2) is 0 Å². The van der Waals surface area contributed by atoms with E-state index < -0.39 is 0 Å². The number of rotatable bonds is 7. The predicted molar refractivity (Wildman–Crippen MR) is 90.9 cm³/mol. The van der Waals surface area contributed by atoms with E-state index in [2.05, 4.69) is 50.4 Å². The Balaban J connectivity index is 1.82. The van der Waals surface area contributed by atoms with Crippen molar-refractivity contribution >= 4 is 5.69 Å². The number of benzene rings is 1. The molecule has 2 nitrogen and oxygen atoms in total. The lowest BCUT2D eigenvalue weighted by Crippen LogP contribution is -2.36. The summed E-state index contributed by atoms with van der Waals surface area (Å²) in [6.07, 6.45) is 7.78.